The zero-order valence-corrected chi connectivity index (χ0v) is 9.18. The molecule has 0 amide bonds. The van der Waals surface area contributed by atoms with Gasteiger partial charge in [-0.15, -0.1) is 0 Å². The van der Waals surface area contributed by atoms with E-state index in [1.165, 1.54) is 0 Å². The fourth-order valence-electron chi connectivity index (χ4n) is 1.22. The van der Waals surface area contributed by atoms with Gasteiger partial charge in [0.1, 0.15) is 0 Å². The zero-order chi connectivity index (χ0) is 10.1. The van der Waals surface area contributed by atoms with E-state index in [2.05, 4.69) is 19.2 Å². The van der Waals surface area contributed by atoms with Crippen molar-refractivity contribution in [3.63, 3.8) is 0 Å². The molecule has 0 fully saturated rings. The fourth-order valence-corrected chi connectivity index (χ4v) is 1.22. The first kappa shape index (κ1) is 12.9. The molecule has 0 aliphatic heterocycles. The van der Waals surface area contributed by atoms with Crippen LogP contribution in [0, 0.1) is 11.8 Å². The maximum absolute atomic E-state index is 5.65. The molecule has 3 heteroatoms. The highest BCUT2D eigenvalue weighted by Gasteiger charge is 2.09. The van der Waals surface area contributed by atoms with Gasteiger partial charge in [-0.05, 0) is 37.9 Å². The smallest absolute Gasteiger partial charge is 0.0474 e. The highest BCUT2D eigenvalue weighted by Crippen LogP contribution is 2.06. The van der Waals surface area contributed by atoms with Gasteiger partial charge >= 0.3 is 0 Å². The molecular formula is C10H24N2O. The van der Waals surface area contributed by atoms with E-state index in [-0.39, 0.29) is 0 Å². The first-order valence-electron chi connectivity index (χ1n) is 5.12. The predicted molar refractivity (Wildman–Crippen MR) is 56.7 cm³/mol. The summed E-state index contributed by atoms with van der Waals surface area (Å²) >= 11 is 0. The van der Waals surface area contributed by atoms with Crippen molar-refractivity contribution < 1.29 is 4.74 Å². The van der Waals surface area contributed by atoms with Crippen molar-refractivity contribution in [2.75, 3.05) is 33.4 Å². The summed E-state index contributed by atoms with van der Waals surface area (Å²) in [5, 5.41) is 3.39. The van der Waals surface area contributed by atoms with Gasteiger partial charge in [-0.2, -0.15) is 0 Å². The van der Waals surface area contributed by atoms with Crippen LogP contribution in [-0.2, 0) is 4.74 Å². The van der Waals surface area contributed by atoms with Crippen LogP contribution in [0.5, 0.6) is 0 Å². The van der Waals surface area contributed by atoms with Gasteiger partial charge in [0.05, 0.1) is 0 Å². The maximum Gasteiger partial charge on any atom is 0.0474 e. The summed E-state index contributed by atoms with van der Waals surface area (Å²) in [4.78, 5) is 0. The van der Waals surface area contributed by atoms with Gasteiger partial charge in [0.15, 0.2) is 0 Å². The minimum absolute atomic E-state index is 0.600. The Balaban J connectivity index is 3.28. The Hall–Kier alpha value is -0.120. The molecule has 0 bridgehead atoms. The van der Waals surface area contributed by atoms with E-state index >= 15 is 0 Å². The van der Waals surface area contributed by atoms with Crippen LogP contribution in [0.4, 0.5) is 0 Å². The number of rotatable bonds is 8. The van der Waals surface area contributed by atoms with Crippen molar-refractivity contribution in [3.8, 4) is 0 Å². The van der Waals surface area contributed by atoms with Gasteiger partial charge < -0.3 is 15.8 Å². The predicted octanol–water partition coefficient (Wildman–Crippen LogP) is 0.843. The van der Waals surface area contributed by atoms with Crippen LogP contribution in [0.25, 0.3) is 0 Å². The summed E-state index contributed by atoms with van der Waals surface area (Å²) in [6.45, 7) is 8.09. The molecule has 0 rings (SSSR count). The summed E-state index contributed by atoms with van der Waals surface area (Å²) in [7, 11) is 1.73. The summed E-state index contributed by atoms with van der Waals surface area (Å²) in [5.41, 5.74) is 5.65. The molecule has 0 aliphatic carbocycles. The molecule has 0 aromatic heterocycles. The van der Waals surface area contributed by atoms with Crippen molar-refractivity contribution in [2.24, 2.45) is 17.6 Å². The maximum atomic E-state index is 5.65. The molecule has 0 aromatic carbocycles. The lowest BCUT2D eigenvalue weighted by Crippen LogP contribution is -2.32. The molecule has 0 heterocycles. The van der Waals surface area contributed by atoms with Crippen LogP contribution >= 0.6 is 0 Å². The summed E-state index contributed by atoms with van der Waals surface area (Å²) in [5.74, 6) is 1.27. The first-order valence-corrected chi connectivity index (χ1v) is 5.12. The fraction of sp³-hybridized carbons (Fsp3) is 1.00. The lowest BCUT2D eigenvalue weighted by Gasteiger charge is -2.19. The molecule has 3 N–H and O–H groups in total. The Kier molecular flexibility index (Phi) is 8.40. The normalized spacial score (nSPS) is 13.6. The summed E-state index contributed by atoms with van der Waals surface area (Å²) in [6.07, 6.45) is 1.08. The molecule has 0 saturated heterocycles. The Labute approximate surface area is 82.0 Å². The topological polar surface area (TPSA) is 47.3 Å². The lowest BCUT2D eigenvalue weighted by molar-refractivity contribution is 0.193. The molecule has 1 atom stereocenters. The van der Waals surface area contributed by atoms with E-state index in [0.29, 0.717) is 11.8 Å². The monoisotopic (exact) mass is 188 g/mol. The van der Waals surface area contributed by atoms with Crippen molar-refractivity contribution in [2.45, 2.75) is 20.3 Å². The van der Waals surface area contributed by atoms with Gasteiger partial charge in [-0.25, -0.2) is 0 Å². The van der Waals surface area contributed by atoms with Crippen LogP contribution in [-0.4, -0.2) is 33.4 Å². The summed E-state index contributed by atoms with van der Waals surface area (Å²) < 4.78 is 4.96. The second-order valence-electron chi connectivity index (χ2n) is 3.79. The molecule has 1 unspecified atom stereocenters. The molecule has 0 radical (unpaired) electrons. The van der Waals surface area contributed by atoms with E-state index in [1.807, 2.05) is 0 Å². The third-order valence-electron chi connectivity index (χ3n) is 2.35. The number of methoxy groups -OCH3 is 1. The number of nitrogens with two attached hydrogens (primary N) is 1. The third-order valence-corrected chi connectivity index (χ3v) is 2.35. The third kappa shape index (κ3) is 6.99. The highest BCUT2D eigenvalue weighted by molar-refractivity contribution is 4.66. The number of nitrogens with one attached hydrogen (secondary N) is 1. The van der Waals surface area contributed by atoms with Gasteiger partial charge in [0, 0.05) is 13.7 Å². The number of hydrogen-bond acceptors (Lipinski definition) is 3. The minimum Gasteiger partial charge on any atom is -0.385 e. The van der Waals surface area contributed by atoms with Gasteiger partial charge in [-0.1, -0.05) is 13.8 Å². The largest absolute Gasteiger partial charge is 0.385 e. The SMILES string of the molecule is COCCCNCC(CN)C(C)C. The molecule has 3 nitrogen and oxygen atoms in total. The average molecular weight is 188 g/mol. The standard InChI is InChI=1S/C10H24N2O/c1-9(2)10(7-11)8-12-5-4-6-13-3/h9-10,12H,4-8,11H2,1-3H3. The Morgan fingerprint density at radius 1 is 1.38 bits per heavy atom. The highest BCUT2D eigenvalue weighted by atomic mass is 16.5. The number of ether oxygens (including phenoxy) is 1. The van der Waals surface area contributed by atoms with Crippen molar-refractivity contribution >= 4 is 0 Å². The van der Waals surface area contributed by atoms with Crippen molar-refractivity contribution in [3.05, 3.63) is 0 Å². The van der Waals surface area contributed by atoms with Gasteiger partial charge in [0.2, 0.25) is 0 Å². The zero-order valence-electron chi connectivity index (χ0n) is 9.18. The van der Waals surface area contributed by atoms with Crippen LogP contribution in [0.1, 0.15) is 20.3 Å². The quantitative estimate of drug-likeness (QED) is 0.555. The molecule has 0 spiro atoms. The second kappa shape index (κ2) is 8.48. The lowest BCUT2D eigenvalue weighted by atomic mass is 9.96. The van der Waals surface area contributed by atoms with Crippen LogP contribution < -0.4 is 11.1 Å². The Bertz CT molecular complexity index is 107. The Morgan fingerprint density at radius 2 is 2.08 bits per heavy atom. The van der Waals surface area contributed by atoms with Crippen molar-refractivity contribution in [1.29, 1.82) is 0 Å². The molecular weight excluding hydrogens is 164 g/mol. The van der Waals surface area contributed by atoms with E-state index in [1.54, 1.807) is 7.11 Å². The molecule has 13 heavy (non-hydrogen) atoms. The average Bonchev–Trinajstić information content (AvgIpc) is 2.10. The Morgan fingerprint density at radius 3 is 2.54 bits per heavy atom. The van der Waals surface area contributed by atoms with Crippen LogP contribution in [0.15, 0.2) is 0 Å². The minimum atomic E-state index is 0.600. The van der Waals surface area contributed by atoms with Crippen molar-refractivity contribution in [1.82, 2.24) is 5.32 Å². The molecule has 0 aliphatic rings. The molecule has 80 valence electrons. The number of hydrogen-bond donors (Lipinski definition) is 2. The van der Waals surface area contributed by atoms with E-state index in [4.69, 9.17) is 10.5 Å². The summed E-state index contributed by atoms with van der Waals surface area (Å²) in [6, 6.07) is 0. The van der Waals surface area contributed by atoms with Gasteiger partial charge in [-0.3, -0.25) is 0 Å². The van der Waals surface area contributed by atoms with Crippen LogP contribution in [0.3, 0.4) is 0 Å². The molecule has 0 aromatic rings. The second-order valence-corrected chi connectivity index (χ2v) is 3.79. The van der Waals surface area contributed by atoms with Crippen LogP contribution in [0.2, 0.25) is 0 Å². The van der Waals surface area contributed by atoms with E-state index in [9.17, 15) is 0 Å². The van der Waals surface area contributed by atoms with E-state index < -0.39 is 0 Å². The molecule has 0 saturated carbocycles. The van der Waals surface area contributed by atoms with Gasteiger partial charge in [0.25, 0.3) is 0 Å². The first-order chi connectivity index (χ1) is 6.22. The van der Waals surface area contributed by atoms with E-state index in [0.717, 1.165) is 32.7 Å².